The van der Waals surface area contributed by atoms with Crippen LogP contribution < -0.4 is 10.6 Å². The van der Waals surface area contributed by atoms with E-state index in [2.05, 4.69) is 20.6 Å². The molecule has 1 amide bonds. The first-order valence-corrected chi connectivity index (χ1v) is 6.76. The van der Waals surface area contributed by atoms with Gasteiger partial charge in [-0.2, -0.15) is 0 Å². The first-order valence-electron chi connectivity index (χ1n) is 6.76. The van der Waals surface area contributed by atoms with Crippen molar-refractivity contribution in [1.29, 1.82) is 0 Å². The van der Waals surface area contributed by atoms with Gasteiger partial charge in [0.25, 0.3) is 5.91 Å². The van der Waals surface area contributed by atoms with Crippen molar-refractivity contribution < 1.29 is 14.7 Å². The fourth-order valence-electron chi connectivity index (χ4n) is 1.81. The molecule has 7 nitrogen and oxygen atoms in total. The smallest absolute Gasteiger partial charge is 0.326 e. The molecule has 114 valence electrons. The zero-order valence-corrected chi connectivity index (χ0v) is 11.8. The van der Waals surface area contributed by atoms with Gasteiger partial charge in [-0.15, -0.1) is 0 Å². The van der Waals surface area contributed by atoms with Gasteiger partial charge >= 0.3 is 5.97 Å². The highest BCUT2D eigenvalue weighted by Gasteiger charge is 2.20. The second-order valence-electron chi connectivity index (χ2n) is 4.52. The average molecular weight is 300 g/mol. The summed E-state index contributed by atoms with van der Waals surface area (Å²) in [5, 5.41) is 14.6. The quantitative estimate of drug-likeness (QED) is 0.709. The highest BCUT2D eigenvalue weighted by Crippen LogP contribution is 2.02. The second-order valence-corrected chi connectivity index (χ2v) is 4.52. The van der Waals surface area contributed by atoms with Crippen LogP contribution in [0.1, 0.15) is 16.8 Å². The van der Waals surface area contributed by atoms with E-state index in [1.54, 1.807) is 48.8 Å². The van der Waals surface area contributed by atoms with Gasteiger partial charge in [0.05, 0.1) is 0 Å². The molecule has 0 aliphatic rings. The Morgan fingerprint density at radius 1 is 1.09 bits per heavy atom. The van der Waals surface area contributed by atoms with Gasteiger partial charge in [-0.25, -0.2) is 14.8 Å². The maximum absolute atomic E-state index is 12.0. The fourth-order valence-corrected chi connectivity index (χ4v) is 1.81. The molecular formula is C15H16N4O3. The third-order valence-corrected chi connectivity index (χ3v) is 2.92. The van der Waals surface area contributed by atoms with Gasteiger partial charge in [0.15, 0.2) is 0 Å². The van der Waals surface area contributed by atoms with E-state index in [4.69, 9.17) is 0 Å². The van der Waals surface area contributed by atoms with Crippen molar-refractivity contribution in [2.24, 2.45) is 0 Å². The number of carbonyl (C=O) groups excluding carboxylic acids is 1. The lowest BCUT2D eigenvalue weighted by Crippen LogP contribution is -2.41. The predicted molar refractivity (Wildman–Crippen MR) is 80.5 cm³/mol. The molecule has 3 N–H and O–H groups in total. The molecule has 0 radical (unpaired) electrons. The van der Waals surface area contributed by atoms with Crippen LogP contribution >= 0.6 is 0 Å². The topological polar surface area (TPSA) is 104 Å². The van der Waals surface area contributed by atoms with Gasteiger partial charge in [-0.1, -0.05) is 18.2 Å². The van der Waals surface area contributed by atoms with Crippen molar-refractivity contribution in [3.8, 4) is 0 Å². The van der Waals surface area contributed by atoms with Gasteiger partial charge in [-0.3, -0.25) is 4.79 Å². The van der Waals surface area contributed by atoms with E-state index >= 15 is 0 Å². The molecule has 1 atom stereocenters. The summed E-state index contributed by atoms with van der Waals surface area (Å²) < 4.78 is 0. The predicted octanol–water partition coefficient (Wildman–Crippen LogP) is 1.16. The molecule has 7 heteroatoms. The van der Waals surface area contributed by atoms with Crippen LogP contribution in [-0.2, 0) is 4.79 Å². The highest BCUT2D eigenvalue weighted by atomic mass is 16.4. The Morgan fingerprint density at radius 3 is 2.41 bits per heavy atom. The summed E-state index contributed by atoms with van der Waals surface area (Å²) in [6.07, 6.45) is 3.38. The first-order chi connectivity index (χ1) is 10.7. The minimum atomic E-state index is -1.08. The normalized spacial score (nSPS) is 11.5. The van der Waals surface area contributed by atoms with Crippen LogP contribution in [0.4, 0.5) is 5.95 Å². The number of aliphatic carboxylic acids is 1. The lowest BCUT2D eigenvalue weighted by Gasteiger charge is -2.14. The largest absolute Gasteiger partial charge is 0.480 e. The van der Waals surface area contributed by atoms with Gasteiger partial charge < -0.3 is 15.7 Å². The number of aromatic nitrogens is 2. The zero-order valence-electron chi connectivity index (χ0n) is 11.8. The van der Waals surface area contributed by atoms with Crippen LogP contribution in [-0.4, -0.2) is 39.5 Å². The Hall–Kier alpha value is -2.96. The minimum absolute atomic E-state index is 0.214. The Balaban J connectivity index is 1.87. The molecule has 1 aromatic carbocycles. The molecule has 2 aromatic rings. The Kier molecular flexibility index (Phi) is 5.42. The summed E-state index contributed by atoms with van der Waals surface area (Å²) in [6, 6.07) is 9.19. The molecule has 2 rings (SSSR count). The van der Waals surface area contributed by atoms with Crippen molar-refractivity contribution in [1.82, 2.24) is 15.3 Å². The summed E-state index contributed by atoms with van der Waals surface area (Å²) >= 11 is 0. The van der Waals surface area contributed by atoms with Crippen molar-refractivity contribution in [2.45, 2.75) is 12.5 Å². The molecule has 0 fully saturated rings. The van der Waals surface area contributed by atoms with Crippen LogP contribution in [0.3, 0.4) is 0 Å². The maximum Gasteiger partial charge on any atom is 0.326 e. The van der Waals surface area contributed by atoms with Crippen molar-refractivity contribution >= 4 is 17.8 Å². The van der Waals surface area contributed by atoms with Crippen LogP contribution in [0.2, 0.25) is 0 Å². The standard InChI is InChI=1S/C15H16N4O3/c20-13(11-5-2-1-3-6-11)19-12(14(21)22)7-10-18-15-16-8-4-9-17-15/h1-6,8-9,12H,7,10H2,(H,19,20)(H,21,22)(H,16,17,18). The van der Waals surface area contributed by atoms with Crippen LogP contribution in [0.25, 0.3) is 0 Å². The van der Waals surface area contributed by atoms with Crippen molar-refractivity contribution in [2.75, 3.05) is 11.9 Å². The van der Waals surface area contributed by atoms with Crippen molar-refractivity contribution in [3.05, 3.63) is 54.4 Å². The number of carboxylic acids is 1. The van der Waals surface area contributed by atoms with Gasteiger partial charge in [-0.05, 0) is 24.6 Å². The van der Waals surface area contributed by atoms with Gasteiger partial charge in [0.1, 0.15) is 6.04 Å². The van der Waals surface area contributed by atoms with Crippen molar-refractivity contribution in [3.63, 3.8) is 0 Å². The highest BCUT2D eigenvalue weighted by molar-refractivity contribution is 5.96. The van der Waals surface area contributed by atoms with E-state index < -0.39 is 17.9 Å². The van der Waals surface area contributed by atoms with E-state index in [1.165, 1.54) is 0 Å². The van der Waals surface area contributed by atoms with Gasteiger partial charge in [0.2, 0.25) is 5.95 Å². The molecule has 0 aliphatic heterocycles. The Labute approximate surface area is 127 Å². The monoisotopic (exact) mass is 300 g/mol. The lowest BCUT2D eigenvalue weighted by molar-refractivity contribution is -0.139. The number of nitrogens with one attached hydrogen (secondary N) is 2. The number of anilines is 1. The molecule has 1 aromatic heterocycles. The molecule has 0 spiro atoms. The zero-order chi connectivity index (χ0) is 15.8. The number of rotatable bonds is 7. The Morgan fingerprint density at radius 2 is 1.77 bits per heavy atom. The number of hydrogen-bond acceptors (Lipinski definition) is 5. The number of nitrogens with zero attached hydrogens (tertiary/aromatic N) is 2. The number of benzene rings is 1. The van der Waals surface area contributed by atoms with E-state index in [0.29, 0.717) is 18.1 Å². The SMILES string of the molecule is O=C(NC(CCNc1ncccn1)C(=O)O)c1ccccc1. The summed E-state index contributed by atoms with van der Waals surface area (Å²) in [4.78, 5) is 31.2. The number of carbonyl (C=O) groups is 2. The van der Waals surface area contributed by atoms with E-state index in [9.17, 15) is 14.7 Å². The second kappa shape index (κ2) is 7.72. The number of amides is 1. The van der Waals surface area contributed by atoms with Crippen LogP contribution in [0.15, 0.2) is 48.8 Å². The summed E-state index contributed by atoms with van der Waals surface area (Å²) in [5.41, 5.74) is 0.424. The van der Waals surface area contributed by atoms with E-state index in [0.717, 1.165) is 0 Å². The molecule has 0 saturated heterocycles. The average Bonchev–Trinajstić information content (AvgIpc) is 2.55. The maximum atomic E-state index is 12.0. The fraction of sp³-hybridized carbons (Fsp3) is 0.200. The van der Waals surface area contributed by atoms with E-state index in [-0.39, 0.29) is 6.42 Å². The summed E-state index contributed by atoms with van der Waals surface area (Å²) in [6.45, 7) is 0.329. The van der Waals surface area contributed by atoms with Gasteiger partial charge in [0, 0.05) is 24.5 Å². The third-order valence-electron chi connectivity index (χ3n) is 2.92. The molecule has 0 saturated carbocycles. The van der Waals surface area contributed by atoms with Crippen LogP contribution in [0, 0.1) is 0 Å². The van der Waals surface area contributed by atoms with Crippen LogP contribution in [0.5, 0.6) is 0 Å². The molecule has 22 heavy (non-hydrogen) atoms. The molecule has 1 heterocycles. The number of hydrogen-bond donors (Lipinski definition) is 3. The summed E-state index contributed by atoms with van der Waals surface area (Å²) in [5.74, 6) is -1.08. The lowest BCUT2D eigenvalue weighted by atomic mass is 10.1. The molecular weight excluding hydrogens is 284 g/mol. The molecule has 0 bridgehead atoms. The minimum Gasteiger partial charge on any atom is -0.480 e. The molecule has 0 aliphatic carbocycles. The summed E-state index contributed by atoms with van der Waals surface area (Å²) in [7, 11) is 0. The first kappa shape index (κ1) is 15.4. The Bertz CT molecular complexity index is 619. The van der Waals surface area contributed by atoms with E-state index in [1.807, 2.05) is 0 Å². The third kappa shape index (κ3) is 4.55. The number of carboxylic acid groups (broad SMARTS) is 1. The molecule has 1 unspecified atom stereocenters.